The number of esters is 3. The Balaban J connectivity index is 1.65. The second kappa shape index (κ2) is 15.2. The molecular formula is C38H42O15. The van der Waals surface area contributed by atoms with Crippen LogP contribution in [0.2, 0.25) is 0 Å². The van der Waals surface area contributed by atoms with Crippen LogP contribution in [0.4, 0.5) is 0 Å². The van der Waals surface area contributed by atoms with E-state index in [1.54, 1.807) is 54.6 Å². The van der Waals surface area contributed by atoms with Gasteiger partial charge in [-0.05, 0) is 17.7 Å². The fraction of sp³-hybridized carbons (Fsp3) is 0.447. The summed E-state index contributed by atoms with van der Waals surface area (Å²) in [4.78, 5) is 40.6. The lowest BCUT2D eigenvalue weighted by Gasteiger charge is -2.43. The summed E-state index contributed by atoms with van der Waals surface area (Å²) in [6.45, 7) is 1.73. The van der Waals surface area contributed by atoms with Gasteiger partial charge in [0.15, 0.2) is 11.7 Å². The van der Waals surface area contributed by atoms with Crippen LogP contribution < -0.4 is 18.9 Å². The van der Waals surface area contributed by atoms with Gasteiger partial charge in [-0.15, -0.1) is 0 Å². The van der Waals surface area contributed by atoms with Gasteiger partial charge in [0, 0.05) is 44.6 Å². The summed E-state index contributed by atoms with van der Waals surface area (Å²) in [5.41, 5.74) is -2.77. The van der Waals surface area contributed by atoms with Crippen LogP contribution in [0, 0.1) is 5.92 Å². The molecule has 2 aliphatic heterocycles. The molecule has 15 nitrogen and oxygen atoms in total. The van der Waals surface area contributed by atoms with E-state index in [9.17, 15) is 24.6 Å². The number of carbonyl (C=O) groups excluding carboxylic acids is 3. The molecule has 0 radical (unpaired) electrons. The molecule has 3 aliphatic rings. The van der Waals surface area contributed by atoms with Gasteiger partial charge in [0.25, 0.3) is 6.29 Å². The molecule has 9 atom stereocenters. The highest BCUT2D eigenvalue weighted by atomic mass is 16.8. The van der Waals surface area contributed by atoms with Gasteiger partial charge in [-0.2, -0.15) is 0 Å². The van der Waals surface area contributed by atoms with Gasteiger partial charge >= 0.3 is 17.9 Å². The number of rotatable bonds is 12. The van der Waals surface area contributed by atoms with Crippen LogP contribution in [-0.4, -0.2) is 101 Å². The Morgan fingerprint density at radius 3 is 2.21 bits per heavy atom. The molecule has 1 saturated carbocycles. The first kappa shape index (κ1) is 37.8. The van der Waals surface area contributed by atoms with E-state index in [4.69, 9.17) is 47.4 Å². The van der Waals surface area contributed by atoms with Crippen molar-refractivity contribution in [1.82, 2.24) is 0 Å². The highest BCUT2D eigenvalue weighted by Crippen LogP contribution is 2.72. The van der Waals surface area contributed by atoms with Crippen molar-refractivity contribution in [2.45, 2.75) is 61.9 Å². The number of hydrogen-bond donors (Lipinski definition) is 2. The number of carbonyl (C=O) groups is 3. The smallest absolute Gasteiger partial charge is 0.313 e. The summed E-state index contributed by atoms with van der Waals surface area (Å²) in [5, 5.41) is 19.8. The summed E-state index contributed by atoms with van der Waals surface area (Å²) in [6, 6.07) is 18.8. The Kier molecular flexibility index (Phi) is 10.8. The largest absolute Gasteiger partial charge is 0.497 e. The minimum atomic E-state index is -2.09. The van der Waals surface area contributed by atoms with E-state index in [-0.39, 0.29) is 29.4 Å². The molecule has 3 aromatic rings. The third kappa shape index (κ3) is 6.31. The van der Waals surface area contributed by atoms with E-state index in [0.29, 0.717) is 16.9 Å². The summed E-state index contributed by atoms with van der Waals surface area (Å²) < 4.78 is 59.7. The molecular weight excluding hydrogens is 696 g/mol. The summed E-state index contributed by atoms with van der Waals surface area (Å²) in [6.07, 6.45) is -6.01. The third-order valence-electron chi connectivity index (χ3n) is 9.78. The van der Waals surface area contributed by atoms with Gasteiger partial charge in [-0.3, -0.25) is 14.4 Å². The van der Waals surface area contributed by atoms with Crippen LogP contribution in [0.5, 0.6) is 23.0 Å². The van der Waals surface area contributed by atoms with Crippen molar-refractivity contribution < 1.29 is 72.0 Å². The van der Waals surface area contributed by atoms with E-state index in [0.717, 1.165) is 0 Å². The summed E-state index contributed by atoms with van der Waals surface area (Å²) in [5.74, 6) is -3.81. The van der Waals surface area contributed by atoms with Crippen LogP contribution in [0.25, 0.3) is 0 Å². The van der Waals surface area contributed by atoms with Crippen molar-refractivity contribution >= 4 is 17.9 Å². The first-order chi connectivity index (χ1) is 25.5. The highest BCUT2D eigenvalue weighted by molar-refractivity contribution is 5.81. The fourth-order valence-electron chi connectivity index (χ4n) is 7.80. The zero-order valence-electron chi connectivity index (χ0n) is 30.0. The number of methoxy groups -OCH3 is 4. The summed E-state index contributed by atoms with van der Waals surface area (Å²) >= 11 is 0. The van der Waals surface area contributed by atoms with Gasteiger partial charge in [0.2, 0.25) is 11.9 Å². The first-order valence-electron chi connectivity index (χ1n) is 16.8. The predicted octanol–water partition coefficient (Wildman–Crippen LogP) is 2.71. The topological polar surface area (TPSA) is 184 Å². The molecule has 3 aromatic carbocycles. The molecule has 1 aliphatic carbocycles. The quantitative estimate of drug-likeness (QED) is 0.204. The van der Waals surface area contributed by atoms with Crippen molar-refractivity contribution in [2.24, 2.45) is 5.92 Å². The van der Waals surface area contributed by atoms with Crippen molar-refractivity contribution in [3.8, 4) is 23.0 Å². The molecule has 0 spiro atoms. The predicted molar refractivity (Wildman–Crippen MR) is 181 cm³/mol. The van der Waals surface area contributed by atoms with Crippen molar-refractivity contribution in [1.29, 1.82) is 0 Å². The lowest BCUT2D eigenvalue weighted by atomic mass is 9.70. The fourth-order valence-corrected chi connectivity index (χ4v) is 7.80. The second-order valence-corrected chi connectivity index (χ2v) is 12.7. The number of hydrogen-bond acceptors (Lipinski definition) is 15. The summed E-state index contributed by atoms with van der Waals surface area (Å²) in [7, 11) is 5.50. The molecule has 2 N–H and O–H groups in total. The molecule has 53 heavy (non-hydrogen) atoms. The Bertz CT molecular complexity index is 1800. The first-order valence-corrected chi connectivity index (χ1v) is 16.8. The third-order valence-corrected chi connectivity index (χ3v) is 9.78. The molecule has 0 amide bonds. The van der Waals surface area contributed by atoms with Crippen molar-refractivity contribution in [2.75, 3.05) is 41.7 Å². The molecule has 1 saturated heterocycles. The van der Waals surface area contributed by atoms with Gasteiger partial charge < -0.3 is 57.6 Å². The van der Waals surface area contributed by atoms with Crippen LogP contribution in [-0.2, 0) is 54.0 Å². The Labute approximate surface area is 305 Å². The maximum absolute atomic E-state index is 14.1. The lowest BCUT2D eigenvalue weighted by molar-refractivity contribution is -0.324. The van der Waals surface area contributed by atoms with Gasteiger partial charge in [-0.1, -0.05) is 42.5 Å². The van der Waals surface area contributed by atoms with E-state index in [1.807, 2.05) is 0 Å². The maximum Gasteiger partial charge on any atom is 0.313 e. The van der Waals surface area contributed by atoms with Gasteiger partial charge in [0.1, 0.15) is 41.1 Å². The number of ether oxygens (including phenoxy) is 10. The van der Waals surface area contributed by atoms with E-state index in [2.05, 4.69) is 0 Å². The Hall–Kier alpha value is -4.93. The molecule has 0 bridgehead atoms. The number of aliphatic hydroxyl groups excluding tert-OH is 2. The van der Waals surface area contributed by atoms with Crippen LogP contribution in [0.15, 0.2) is 66.7 Å². The van der Waals surface area contributed by atoms with E-state index in [1.165, 1.54) is 54.4 Å². The average molecular weight is 739 g/mol. The Morgan fingerprint density at radius 1 is 0.906 bits per heavy atom. The molecule has 15 heteroatoms. The number of fused-ring (bicyclic) bond motifs is 3. The van der Waals surface area contributed by atoms with Crippen molar-refractivity contribution in [3.63, 3.8) is 0 Å². The van der Waals surface area contributed by atoms with Gasteiger partial charge in [0.05, 0.1) is 40.1 Å². The molecule has 0 unspecified atom stereocenters. The highest BCUT2D eigenvalue weighted by Gasteiger charge is 2.82. The van der Waals surface area contributed by atoms with E-state index < -0.39 is 78.4 Å². The maximum atomic E-state index is 14.1. The minimum absolute atomic E-state index is 0.0706. The number of benzene rings is 3. The molecule has 6 rings (SSSR count). The number of aliphatic hydroxyl groups is 2. The molecule has 284 valence electrons. The molecule has 0 aromatic heterocycles. The zero-order chi connectivity index (χ0) is 38.1. The SMILES string of the molecule is COC(=O)[C@@H]1[C@@H](c2ccccc2)[C@]2(c3ccc(OC)cc3)Oc3cc(O[C@H]4O[C@@H]([C@H](O)CO)CO[C@H]4OC)cc(OC)c3[C@]2(OC(C)=O)[C@H]1OC(C)=O. The molecule has 2 fully saturated rings. The monoisotopic (exact) mass is 738 g/mol. The Morgan fingerprint density at radius 2 is 1.62 bits per heavy atom. The lowest BCUT2D eigenvalue weighted by Crippen LogP contribution is -2.55. The minimum Gasteiger partial charge on any atom is -0.497 e. The van der Waals surface area contributed by atoms with Crippen LogP contribution in [0.3, 0.4) is 0 Å². The molecule has 2 heterocycles. The average Bonchev–Trinajstić information content (AvgIpc) is 3.57. The van der Waals surface area contributed by atoms with Gasteiger partial charge in [-0.25, -0.2) is 0 Å². The zero-order valence-corrected chi connectivity index (χ0v) is 30.0. The normalized spacial score (nSPS) is 29.1. The van der Waals surface area contributed by atoms with E-state index >= 15 is 0 Å². The van der Waals surface area contributed by atoms with Crippen LogP contribution in [0.1, 0.15) is 36.5 Å². The standard InChI is InChI=1S/C38H42O15/c1-20(40)49-33-30(34(43)46-5)31(22-10-8-7-9-11-22)37(23-12-14-24(44-3)15-13-23)38(33,52-21(2)41)32-27(45-4)16-25(17-28(32)53-37)50-36-35(47-6)48-19-29(51-36)26(42)18-39/h7-17,26,29-31,33,35-36,39,42H,18-19H2,1-6H3/t26-,29-,30-,31-,33+,35-,36+,37+,38+/m1/s1. The van der Waals surface area contributed by atoms with Crippen LogP contribution >= 0.6 is 0 Å². The van der Waals surface area contributed by atoms with Crippen molar-refractivity contribution in [3.05, 3.63) is 83.4 Å². The second-order valence-electron chi connectivity index (χ2n) is 12.7.